The highest BCUT2D eigenvalue weighted by atomic mass is 32.1. The summed E-state index contributed by atoms with van der Waals surface area (Å²) in [6.07, 6.45) is 12.9. The highest BCUT2D eigenvalue weighted by Crippen LogP contribution is 2.35. The van der Waals surface area contributed by atoms with Crippen LogP contribution in [0.25, 0.3) is 10.2 Å². The lowest BCUT2D eigenvalue weighted by molar-refractivity contribution is -0.152. The van der Waals surface area contributed by atoms with Gasteiger partial charge in [-0.3, -0.25) is 19.2 Å². The summed E-state index contributed by atoms with van der Waals surface area (Å²) in [4.78, 5) is 79.8. The summed E-state index contributed by atoms with van der Waals surface area (Å²) in [5, 5.41) is 7.09. The number of ether oxygens (including phenoxy) is 7. The number of carbonyl (C=O) groups is 6. The van der Waals surface area contributed by atoms with Crippen LogP contribution in [0.5, 0.6) is 11.5 Å². The quantitative estimate of drug-likeness (QED) is 0.0115. The molecule has 0 saturated heterocycles. The number of fused-ring (bicyclic) bond motifs is 1. The van der Waals surface area contributed by atoms with Gasteiger partial charge in [0.25, 0.3) is 0 Å². The van der Waals surface area contributed by atoms with E-state index in [9.17, 15) is 28.8 Å². The molecule has 2 saturated carbocycles. The Bertz CT molecular complexity index is 2150. The van der Waals surface area contributed by atoms with Gasteiger partial charge in [-0.05, 0) is 114 Å². The largest absolute Gasteiger partial charge is 0.500 e. The summed E-state index contributed by atoms with van der Waals surface area (Å²) in [7, 11) is 0. The van der Waals surface area contributed by atoms with Crippen molar-refractivity contribution < 1.29 is 61.9 Å². The van der Waals surface area contributed by atoms with E-state index in [1.54, 1.807) is 35.5 Å². The molecule has 1 aromatic heterocycles. The van der Waals surface area contributed by atoms with E-state index < -0.39 is 35.7 Å². The molecule has 2 aliphatic carbocycles. The Kier molecular flexibility index (Phi) is 20.9. The first-order valence-electron chi connectivity index (χ1n) is 22.5. The van der Waals surface area contributed by atoms with E-state index >= 15 is 0 Å². The van der Waals surface area contributed by atoms with Crippen molar-refractivity contribution in [3.63, 3.8) is 0 Å². The van der Waals surface area contributed by atoms with Crippen molar-refractivity contribution in [3.05, 3.63) is 85.7 Å². The molecule has 0 amide bonds. The van der Waals surface area contributed by atoms with Gasteiger partial charge in [-0.2, -0.15) is 5.10 Å². The Balaban J connectivity index is 1.22. The van der Waals surface area contributed by atoms with Crippen LogP contribution in [-0.2, 0) is 52.5 Å². The molecule has 2 aliphatic rings. The molecule has 2 fully saturated rings. The zero-order valence-electron chi connectivity index (χ0n) is 37.4. The lowest BCUT2D eigenvalue weighted by atomic mass is 9.82. The maximum Gasteiger partial charge on any atom is 0.330 e. The van der Waals surface area contributed by atoms with Gasteiger partial charge >= 0.3 is 35.8 Å². The third kappa shape index (κ3) is 16.3. The van der Waals surface area contributed by atoms with Crippen LogP contribution in [-0.4, -0.2) is 86.6 Å². The van der Waals surface area contributed by atoms with E-state index in [0.29, 0.717) is 101 Å². The fourth-order valence-electron chi connectivity index (χ4n) is 7.37. The molecule has 0 atom stereocenters. The first kappa shape index (κ1) is 50.6. The van der Waals surface area contributed by atoms with Gasteiger partial charge in [-0.1, -0.05) is 42.7 Å². The summed E-state index contributed by atoms with van der Waals surface area (Å²) in [6.45, 7) is 10.1. The molecule has 0 N–H and O–H groups in total. The molecule has 2 aromatic carbocycles. The van der Waals surface area contributed by atoms with E-state index in [4.69, 9.17) is 43.2 Å². The first-order valence-corrected chi connectivity index (χ1v) is 23.3. The maximum atomic E-state index is 13.7. The Morgan fingerprint density at radius 1 is 0.682 bits per heavy atom. The van der Waals surface area contributed by atoms with Crippen molar-refractivity contribution in [2.75, 3.05) is 44.6 Å². The third-order valence-corrected chi connectivity index (χ3v) is 12.1. The molecule has 0 unspecified atom stereocenters. The smallest absolute Gasteiger partial charge is 0.330 e. The fraction of sp³-hybridized carbons (Fsp3) is 0.469. The lowest BCUT2D eigenvalue weighted by Crippen LogP contribution is -2.30. The van der Waals surface area contributed by atoms with Crippen LogP contribution in [0.4, 0.5) is 5.13 Å². The van der Waals surface area contributed by atoms with Crippen LogP contribution >= 0.6 is 11.3 Å². The van der Waals surface area contributed by atoms with Crippen LogP contribution in [0.3, 0.4) is 0 Å². The number of allylic oxidation sites excluding steroid dienone is 1. The van der Waals surface area contributed by atoms with E-state index in [0.717, 1.165) is 22.4 Å². The molecule has 17 heteroatoms. The summed E-state index contributed by atoms with van der Waals surface area (Å²) in [5.41, 5.74) is 1.19. The summed E-state index contributed by atoms with van der Waals surface area (Å²) in [6, 6.07) is 12.5. The van der Waals surface area contributed by atoms with Crippen molar-refractivity contribution in [3.8, 4) is 11.5 Å². The Hall–Kier alpha value is -6.36. The maximum absolute atomic E-state index is 13.7. The van der Waals surface area contributed by atoms with Crippen molar-refractivity contribution >= 4 is 68.7 Å². The van der Waals surface area contributed by atoms with Crippen molar-refractivity contribution in [2.24, 2.45) is 28.8 Å². The molecule has 0 radical (unpaired) electrons. The first-order chi connectivity index (χ1) is 32.1. The van der Waals surface area contributed by atoms with Crippen LogP contribution in [0.1, 0.15) is 89.5 Å². The Labute approximate surface area is 388 Å². The molecular weight excluding hydrogens is 871 g/mol. The SMILES string of the molecule is C=CC(=O)OCCCCOC(=O)C1CCC(C(=O)Oc2ccc(OC(=O)C3CCC(C(=O)OCCCCOC(=O)C=C)CC3)c(/C=N/N(CCO/C=C/C)c3nc4ccccc4s3)c2)CC1. The standard InChI is InChI=1S/C49H59N3O13S/c1-4-26-59-31-25-52(49-51-40-13-7-8-14-42(40)66-49)50-33-38-32-39(64-47(57)36-19-15-34(16-20-36)45(55)62-29-11-9-27-60-43(53)5-2)23-24-41(38)65-48(58)37-21-17-35(18-22-37)46(56)63-30-12-10-28-61-44(54)6-3/h4-8,13-14,23-24,26,32-37H,2-3,9-12,15-22,25,27-31H2,1H3/b26-4+,50-33+. The number of hydrogen-bond acceptors (Lipinski definition) is 17. The van der Waals surface area contributed by atoms with Gasteiger partial charge in [0.2, 0.25) is 5.13 Å². The zero-order valence-corrected chi connectivity index (χ0v) is 38.3. The molecule has 3 aromatic rings. The Morgan fingerprint density at radius 2 is 1.20 bits per heavy atom. The van der Waals surface area contributed by atoms with Crippen LogP contribution < -0.4 is 14.5 Å². The topological polar surface area (TPSA) is 196 Å². The minimum atomic E-state index is -0.496. The van der Waals surface area contributed by atoms with E-state index in [1.807, 2.05) is 31.2 Å². The van der Waals surface area contributed by atoms with Gasteiger partial charge in [-0.25, -0.2) is 19.6 Å². The van der Waals surface area contributed by atoms with Gasteiger partial charge in [0.15, 0.2) is 0 Å². The molecule has 5 rings (SSSR count). The number of anilines is 1. The average molecular weight is 930 g/mol. The lowest BCUT2D eigenvalue weighted by Gasteiger charge is -2.26. The minimum Gasteiger partial charge on any atom is -0.500 e. The van der Waals surface area contributed by atoms with Crippen LogP contribution in [0.15, 0.2) is 85.2 Å². The minimum absolute atomic E-state index is 0.204. The molecule has 0 bridgehead atoms. The monoisotopic (exact) mass is 929 g/mol. The van der Waals surface area contributed by atoms with E-state index in [1.165, 1.54) is 17.6 Å². The van der Waals surface area contributed by atoms with E-state index in [2.05, 4.69) is 13.2 Å². The zero-order chi connectivity index (χ0) is 47.1. The van der Waals surface area contributed by atoms with Crippen LogP contribution in [0.2, 0.25) is 0 Å². The predicted molar refractivity (Wildman–Crippen MR) is 247 cm³/mol. The van der Waals surface area contributed by atoms with Gasteiger partial charge in [-0.15, -0.1) is 0 Å². The number of hydrogen-bond donors (Lipinski definition) is 0. The molecule has 354 valence electrons. The number of thiazole rings is 1. The molecule has 0 spiro atoms. The molecule has 66 heavy (non-hydrogen) atoms. The van der Waals surface area contributed by atoms with Crippen molar-refractivity contribution in [2.45, 2.75) is 84.0 Å². The Morgan fingerprint density at radius 3 is 1.73 bits per heavy atom. The second-order valence-corrected chi connectivity index (χ2v) is 16.8. The number of nitrogens with zero attached hydrogens (tertiary/aromatic N) is 3. The van der Waals surface area contributed by atoms with Crippen molar-refractivity contribution in [1.82, 2.24) is 4.98 Å². The van der Waals surface area contributed by atoms with Crippen molar-refractivity contribution in [1.29, 1.82) is 0 Å². The molecular formula is C49H59N3O13S. The molecule has 16 nitrogen and oxygen atoms in total. The highest BCUT2D eigenvalue weighted by Gasteiger charge is 2.34. The number of para-hydroxylation sites is 1. The summed E-state index contributed by atoms with van der Waals surface area (Å²) < 4.78 is 39.3. The van der Waals surface area contributed by atoms with Gasteiger partial charge < -0.3 is 33.2 Å². The highest BCUT2D eigenvalue weighted by molar-refractivity contribution is 7.22. The second kappa shape index (κ2) is 27.2. The summed E-state index contributed by atoms with van der Waals surface area (Å²) >= 11 is 1.46. The second-order valence-electron chi connectivity index (χ2n) is 15.8. The molecule has 1 heterocycles. The average Bonchev–Trinajstić information content (AvgIpc) is 3.78. The van der Waals surface area contributed by atoms with Gasteiger partial charge in [0.1, 0.15) is 18.1 Å². The van der Waals surface area contributed by atoms with Gasteiger partial charge in [0.05, 0.1) is 79.3 Å². The number of unbranched alkanes of at least 4 members (excludes halogenated alkanes) is 2. The number of benzene rings is 2. The predicted octanol–water partition coefficient (Wildman–Crippen LogP) is 8.22. The number of carbonyl (C=O) groups excluding carboxylic acids is 6. The summed E-state index contributed by atoms with van der Waals surface area (Å²) in [5.74, 6) is -3.64. The number of hydrazone groups is 1. The fourth-order valence-corrected chi connectivity index (χ4v) is 8.32. The normalized spacial score (nSPS) is 18.3. The van der Waals surface area contributed by atoms with Gasteiger partial charge in [0, 0.05) is 17.7 Å². The third-order valence-electron chi connectivity index (χ3n) is 11.1. The number of rotatable bonds is 25. The number of aromatic nitrogens is 1. The number of esters is 6. The molecule has 0 aliphatic heterocycles. The van der Waals surface area contributed by atoms with Crippen LogP contribution in [0, 0.1) is 23.7 Å². The van der Waals surface area contributed by atoms with E-state index in [-0.39, 0.29) is 61.7 Å².